The van der Waals surface area contributed by atoms with E-state index in [0.29, 0.717) is 0 Å². The van der Waals surface area contributed by atoms with Gasteiger partial charge < -0.3 is 14.8 Å². The smallest absolute Gasteiger partial charge is 0.407 e. The van der Waals surface area contributed by atoms with E-state index in [0.717, 1.165) is 42.2 Å². The van der Waals surface area contributed by atoms with Crippen molar-refractivity contribution >= 4 is 16.9 Å². The Labute approximate surface area is 148 Å². The molecule has 0 unspecified atom stereocenters. The molecule has 1 aromatic heterocycles. The molecule has 134 valence electrons. The molecule has 1 aliphatic carbocycles. The lowest BCUT2D eigenvalue weighted by Gasteiger charge is -2.30. The molecule has 1 aliphatic rings. The summed E-state index contributed by atoms with van der Waals surface area (Å²) in [6.07, 6.45) is 7.12. The largest absolute Gasteiger partial charge is 0.490 e. The fourth-order valence-electron chi connectivity index (χ4n) is 3.17. The van der Waals surface area contributed by atoms with Crippen LogP contribution in [0.4, 0.5) is 4.79 Å². The molecular formula is C20H26N2O3. The number of aromatic nitrogens is 1. The van der Waals surface area contributed by atoms with E-state index >= 15 is 0 Å². The van der Waals surface area contributed by atoms with E-state index in [9.17, 15) is 4.79 Å². The van der Waals surface area contributed by atoms with E-state index in [1.54, 1.807) is 6.20 Å². The quantitative estimate of drug-likeness (QED) is 0.895. The maximum Gasteiger partial charge on any atom is 0.407 e. The van der Waals surface area contributed by atoms with Crippen LogP contribution < -0.4 is 10.1 Å². The van der Waals surface area contributed by atoms with Crippen LogP contribution >= 0.6 is 0 Å². The number of carbonyl (C=O) groups is 1. The van der Waals surface area contributed by atoms with Crippen LogP contribution in [0.15, 0.2) is 36.7 Å². The summed E-state index contributed by atoms with van der Waals surface area (Å²) in [6, 6.07) is 8.19. The first-order valence-corrected chi connectivity index (χ1v) is 8.89. The molecule has 0 aliphatic heterocycles. The van der Waals surface area contributed by atoms with Crippen LogP contribution in [0.25, 0.3) is 10.8 Å². The second-order valence-corrected chi connectivity index (χ2v) is 7.59. The van der Waals surface area contributed by atoms with E-state index in [1.807, 2.05) is 51.2 Å². The van der Waals surface area contributed by atoms with Gasteiger partial charge in [0.15, 0.2) is 0 Å². The first kappa shape index (κ1) is 17.5. The average molecular weight is 342 g/mol. The fourth-order valence-corrected chi connectivity index (χ4v) is 3.17. The van der Waals surface area contributed by atoms with Gasteiger partial charge >= 0.3 is 6.09 Å². The monoisotopic (exact) mass is 342 g/mol. The Morgan fingerprint density at radius 2 is 1.92 bits per heavy atom. The number of carbonyl (C=O) groups excluding carboxylic acids is 1. The minimum absolute atomic E-state index is 0.159. The third kappa shape index (κ3) is 4.84. The van der Waals surface area contributed by atoms with Gasteiger partial charge in [-0.25, -0.2) is 4.79 Å². The predicted molar refractivity (Wildman–Crippen MR) is 97.8 cm³/mol. The molecule has 1 heterocycles. The van der Waals surface area contributed by atoms with Crippen molar-refractivity contribution in [1.82, 2.24) is 10.3 Å². The summed E-state index contributed by atoms with van der Waals surface area (Å²) >= 11 is 0. The molecule has 1 saturated carbocycles. The molecule has 25 heavy (non-hydrogen) atoms. The van der Waals surface area contributed by atoms with Crippen molar-refractivity contribution in [1.29, 1.82) is 0 Å². The molecule has 1 amide bonds. The fraction of sp³-hybridized carbons (Fsp3) is 0.500. The number of alkyl carbamates (subject to hydrolysis) is 1. The molecule has 3 rings (SSSR count). The van der Waals surface area contributed by atoms with Crippen LogP contribution in [0.1, 0.15) is 46.5 Å². The lowest BCUT2D eigenvalue weighted by atomic mass is 9.93. The van der Waals surface area contributed by atoms with Gasteiger partial charge in [-0.1, -0.05) is 12.1 Å². The van der Waals surface area contributed by atoms with Crippen molar-refractivity contribution in [3.63, 3.8) is 0 Å². The van der Waals surface area contributed by atoms with Crippen molar-refractivity contribution < 1.29 is 14.3 Å². The predicted octanol–water partition coefficient (Wildman–Crippen LogP) is 4.45. The average Bonchev–Trinajstić information content (AvgIpc) is 2.55. The Bertz CT molecular complexity index is 726. The molecule has 1 N–H and O–H groups in total. The minimum Gasteiger partial charge on any atom is -0.490 e. The van der Waals surface area contributed by atoms with Crippen LogP contribution in [0.5, 0.6) is 5.75 Å². The van der Waals surface area contributed by atoms with Crippen molar-refractivity contribution in [2.75, 3.05) is 0 Å². The number of amides is 1. The lowest BCUT2D eigenvalue weighted by molar-refractivity contribution is 0.0471. The number of ether oxygens (including phenoxy) is 2. The summed E-state index contributed by atoms with van der Waals surface area (Å²) in [5.74, 6) is 0.906. The normalized spacial score (nSPS) is 20.9. The van der Waals surface area contributed by atoms with Gasteiger partial charge in [-0.3, -0.25) is 4.98 Å². The summed E-state index contributed by atoms with van der Waals surface area (Å²) in [4.78, 5) is 16.0. The van der Waals surface area contributed by atoms with Crippen LogP contribution in [-0.2, 0) is 4.74 Å². The highest BCUT2D eigenvalue weighted by Gasteiger charge is 2.25. The van der Waals surface area contributed by atoms with E-state index in [1.165, 1.54) is 0 Å². The number of rotatable bonds is 3. The number of pyridine rings is 1. The second-order valence-electron chi connectivity index (χ2n) is 7.59. The minimum atomic E-state index is -0.465. The van der Waals surface area contributed by atoms with E-state index in [2.05, 4.69) is 10.3 Å². The van der Waals surface area contributed by atoms with Gasteiger partial charge in [0.05, 0.1) is 6.10 Å². The summed E-state index contributed by atoms with van der Waals surface area (Å²) in [6.45, 7) is 5.62. The summed E-state index contributed by atoms with van der Waals surface area (Å²) in [5.41, 5.74) is -0.465. The third-order valence-corrected chi connectivity index (χ3v) is 4.33. The van der Waals surface area contributed by atoms with Crippen molar-refractivity contribution in [3.05, 3.63) is 36.7 Å². The Morgan fingerprint density at radius 3 is 2.64 bits per heavy atom. The van der Waals surface area contributed by atoms with Crippen LogP contribution in [0.2, 0.25) is 0 Å². The van der Waals surface area contributed by atoms with Crippen molar-refractivity contribution in [3.8, 4) is 5.75 Å². The number of nitrogens with zero attached hydrogens (tertiary/aromatic N) is 1. The highest BCUT2D eigenvalue weighted by atomic mass is 16.6. The zero-order valence-electron chi connectivity index (χ0n) is 15.1. The van der Waals surface area contributed by atoms with Crippen molar-refractivity contribution in [2.45, 2.75) is 64.2 Å². The number of benzene rings is 1. The molecule has 0 radical (unpaired) electrons. The number of nitrogens with one attached hydrogen (secondary N) is 1. The maximum atomic E-state index is 11.9. The Kier molecular flexibility index (Phi) is 5.11. The molecule has 1 fully saturated rings. The Hall–Kier alpha value is -2.30. The molecule has 5 nitrogen and oxygen atoms in total. The third-order valence-electron chi connectivity index (χ3n) is 4.33. The standard InChI is InChI=1S/C20H26N2O3/c1-20(2,3)25-19(23)22-15-7-9-16(10-8-15)24-18-6-4-5-14-13-21-12-11-17(14)18/h4-6,11-13,15-16H,7-10H2,1-3H3,(H,22,23)/t15-,16-. The van der Waals surface area contributed by atoms with Crippen LogP contribution in [0, 0.1) is 0 Å². The zero-order valence-corrected chi connectivity index (χ0v) is 15.1. The number of fused-ring (bicyclic) bond motifs is 1. The second kappa shape index (κ2) is 7.30. The van der Waals surface area contributed by atoms with Crippen molar-refractivity contribution in [2.24, 2.45) is 0 Å². The molecule has 5 heteroatoms. The highest BCUT2D eigenvalue weighted by Crippen LogP contribution is 2.29. The van der Waals surface area contributed by atoms with Crippen LogP contribution in [-0.4, -0.2) is 28.8 Å². The first-order chi connectivity index (χ1) is 11.9. The molecule has 0 atom stereocenters. The van der Waals surface area contributed by atoms with E-state index < -0.39 is 5.60 Å². The maximum absolute atomic E-state index is 11.9. The first-order valence-electron chi connectivity index (χ1n) is 8.89. The summed E-state index contributed by atoms with van der Waals surface area (Å²) < 4.78 is 11.6. The van der Waals surface area contributed by atoms with Gasteiger partial charge in [-0.2, -0.15) is 0 Å². The SMILES string of the molecule is CC(C)(C)OC(=O)N[C@H]1CC[C@H](Oc2cccc3cnccc23)CC1. The van der Waals surface area contributed by atoms with Gasteiger partial charge in [0.25, 0.3) is 0 Å². The summed E-state index contributed by atoms with van der Waals surface area (Å²) in [7, 11) is 0. The molecule has 0 spiro atoms. The Balaban J connectivity index is 1.53. The van der Waals surface area contributed by atoms with Crippen LogP contribution in [0.3, 0.4) is 0 Å². The highest BCUT2D eigenvalue weighted by molar-refractivity contribution is 5.87. The number of hydrogen-bond donors (Lipinski definition) is 1. The topological polar surface area (TPSA) is 60.5 Å². The molecule has 0 bridgehead atoms. The van der Waals surface area contributed by atoms with Gasteiger partial charge in [0.2, 0.25) is 0 Å². The van der Waals surface area contributed by atoms with Gasteiger partial charge in [-0.15, -0.1) is 0 Å². The lowest BCUT2D eigenvalue weighted by Crippen LogP contribution is -2.42. The molecular weight excluding hydrogens is 316 g/mol. The van der Waals surface area contributed by atoms with E-state index in [4.69, 9.17) is 9.47 Å². The van der Waals surface area contributed by atoms with Gasteiger partial charge in [0, 0.05) is 29.2 Å². The van der Waals surface area contributed by atoms with E-state index in [-0.39, 0.29) is 18.2 Å². The number of hydrogen-bond acceptors (Lipinski definition) is 4. The molecule has 2 aromatic rings. The Morgan fingerprint density at radius 1 is 1.16 bits per heavy atom. The zero-order chi connectivity index (χ0) is 17.9. The van der Waals surface area contributed by atoms with Gasteiger partial charge in [-0.05, 0) is 58.6 Å². The summed E-state index contributed by atoms with van der Waals surface area (Å²) in [5, 5.41) is 5.14. The van der Waals surface area contributed by atoms with Gasteiger partial charge in [0.1, 0.15) is 11.4 Å². The molecule has 1 aromatic carbocycles. The molecule has 0 saturated heterocycles.